The maximum absolute atomic E-state index is 12.7. The third-order valence-corrected chi connectivity index (χ3v) is 5.86. The first-order valence-electron chi connectivity index (χ1n) is 8.66. The van der Waals surface area contributed by atoms with Gasteiger partial charge < -0.3 is 10.4 Å². The molecule has 0 radical (unpaired) electrons. The second kappa shape index (κ2) is 8.14. The molecule has 6 nitrogen and oxygen atoms in total. The number of phenolic OH excluding ortho intramolecular Hbond substituents is 1. The summed E-state index contributed by atoms with van der Waals surface area (Å²) in [5, 5.41) is 13.1. The van der Waals surface area contributed by atoms with Crippen LogP contribution in [0.1, 0.15) is 21.5 Å². The molecule has 0 fully saturated rings. The predicted octanol–water partition coefficient (Wildman–Crippen LogP) is 4.72. The number of hydrogen-bond donors (Lipinski definition) is 3. The summed E-state index contributed by atoms with van der Waals surface area (Å²) in [4.78, 5) is 12.5. The number of carbonyl (C=O) groups is 1. The van der Waals surface area contributed by atoms with Crippen molar-refractivity contribution in [3.05, 3.63) is 82.4 Å². The van der Waals surface area contributed by atoms with E-state index in [4.69, 9.17) is 11.6 Å². The number of carbonyl (C=O) groups excluding carboxylic acids is 1. The molecule has 8 heteroatoms. The minimum absolute atomic E-state index is 0.00937. The number of benzene rings is 3. The van der Waals surface area contributed by atoms with Gasteiger partial charge in [-0.3, -0.25) is 9.52 Å². The molecule has 0 unspecified atom stereocenters. The van der Waals surface area contributed by atoms with Crippen LogP contribution in [0.3, 0.4) is 0 Å². The molecule has 0 aromatic heterocycles. The molecule has 0 aliphatic heterocycles. The van der Waals surface area contributed by atoms with E-state index in [-0.39, 0.29) is 16.3 Å². The molecule has 29 heavy (non-hydrogen) atoms. The van der Waals surface area contributed by atoms with Crippen LogP contribution in [0, 0.1) is 13.8 Å². The molecule has 3 aromatic rings. The van der Waals surface area contributed by atoms with Crippen molar-refractivity contribution in [3.63, 3.8) is 0 Å². The highest BCUT2D eigenvalue weighted by Crippen LogP contribution is 2.28. The Labute approximate surface area is 174 Å². The smallest absolute Gasteiger partial charge is 0.261 e. The monoisotopic (exact) mass is 430 g/mol. The van der Waals surface area contributed by atoms with Gasteiger partial charge in [0.2, 0.25) is 0 Å². The number of amides is 1. The molecular formula is C21H19ClN2O4S. The maximum atomic E-state index is 12.7. The zero-order valence-corrected chi connectivity index (χ0v) is 17.3. The van der Waals surface area contributed by atoms with Gasteiger partial charge in [-0.1, -0.05) is 35.4 Å². The lowest BCUT2D eigenvalue weighted by Gasteiger charge is -2.13. The molecule has 3 N–H and O–H groups in total. The number of nitrogens with one attached hydrogen (secondary N) is 2. The van der Waals surface area contributed by atoms with Crippen molar-refractivity contribution in [2.24, 2.45) is 0 Å². The molecule has 3 rings (SSSR count). The van der Waals surface area contributed by atoms with E-state index in [0.717, 1.165) is 11.1 Å². The summed E-state index contributed by atoms with van der Waals surface area (Å²) in [7, 11) is -3.96. The summed E-state index contributed by atoms with van der Waals surface area (Å²) in [5.41, 5.74) is 2.40. The first kappa shape index (κ1) is 20.7. The highest BCUT2D eigenvalue weighted by atomic mass is 35.5. The Balaban J connectivity index is 1.89. The lowest BCUT2D eigenvalue weighted by Crippen LogP contribution is -2.16. The summed E-state index contributed by atoms with van der Waals surface area (Å²) in [5.74, 6) is -0.691. The van der Waals surface area contributed by atoms with E-state index in [1.54, 1.807) is 31.2 Å². The van der Waals surface area contributed by atoms with E-state index < -0.39 is 15.9 Å². The molecule has 150 valence electrons. The fourth-order valence-electron chi connectivity index (χ4n) is 2.72. The van der Waals surface area contributed by atoms with Crippen LogP contribution in [0.4, 0.5) is 11.4 Å². The normalized spacial score (nSPS) is 11.1. The molecule has 0 saturated carbocycles. The second-order valence-electron chi connectivity index (χ2n) is 6.57. The summed E-state index contributed by atoms with van der Waals surface area (Å²) in [6, 6.07) is 15.4. The molecular weight excluding hydrogens is 412 g/mol. The third-order valence-electron chi connectivity index (χ3n) is 4.24. The average molecular weight is 431 g/mol. The van der Waals surface area contributed by atoms with Crippen molar-refractivity contribution in [1.29, 1.82) is 0 Å². The number of hydrogen-bond acceptors (Lipinski definition) is 4. The van der Waals surface area contributed by atoms with Gasteiger partial charge in [-0.2, -0.15) is 0 Å². The highest BCUT2D eigenvalue weighted by Gasteiger charge is 2.18. The molecule has 0 aliphatic carbocycles. The molecule has 0 spiro atoms. The summed E-state index contributed by atoms with van der Waals surface area (Å²) >= 11 is 5.89. The number of anilines is 2. The minimum Gasteiger partial charge on any atom is -0.506 e. The lowest BCUT2D eigenvalue weighted by molar-refractivity contribution is 0.102. The Kier molecular flexibility index (Phi) is 5.81. The summed E-state index contributed by atoms with van der Waals surface area (Å²) < 4.78 is 27.8. The van der Waals surface area contributed by atoms with E-state index in [0.29, 0.717) is 16.3 Å². The molecule has 0 heterocycles. The Bertz CT molecular complexity index is 1190. The summed E-state index contributed by atoms with van der Waals surface area (Å²) in [6.07, 6.45) is 0. The fraction of sp³-hybridized carbons (Fsp3) is 0.0952. The maximum Gasteiger partial charge on any atom is 0.261 e. The first-order chi connectivity index (χ1) is 13.7. The van der Waals surface area contributed by atoms with Crippen molar-refractivity contribution < 1.29 is 18.3 Å². The van der Waals surface area contributed by atoms with Crippen LogP contribution in [0.2, 0.25) is 5.02 Å². The lowest BCUT2D eigenvalue weighted by atomic mass is 10.0. The first-order valence-corrected chi connectivity index (χ1v) is 10.5. The molecule has 1 amide bonds. The third kappa shape index (κ3) is 4.88. The molecule has 3 aromatic carbocycles. The highest BCUT2D eigenvalue weighted by molar-refractivity contribution is 7.92. The zero-order valence-electron chi connectivity index (χ0n) is 15.7. The van der Waals surface area contributed by atoms with Crippen LogP contribution in [-0.4, -0.2) is 19.4 Å². The van der Waals surface area contributed by atoms with Gasteiger partial charge in [0.05, 0.1) is 16.3 Å². The van der Waals surface area contributed by atoms with Crippen LogP contribution in [0.15, 0.2) is 65.6 Å². The van der Waals surface area contributed by atoms with Crippen molar-refractivity contribution in [2.75, 3.05) is 10.0 Å². The number of aryl methyl sites for hydroxylation is 2. The number of halogens is 1. The quantitative estimate of drug-likeness (QED) is 0.510. The second-order valence-corrected chi connectivity index (χ2v) is 8.69. The van der Waals surface area contributed by atoms with Crippen LogP contribution in [0.5, 0.6) is 5.75 Å². The van der Waals surface area contributed by atoms with Gasteiger partial charge in [0, 0.05) is 10.6 Å². The van der Waals surface area contributed by atoms with Gasteiger partial charge in [-0.15, -0.1) is 0 Å². The van der Waals surface area contributed by atoms with E-state index >= 15 is 0 Å². The van der Waals surface area contributed by atoms with Gasteiger partial charge >= 0.3 is 0 Å². The topological polar surface area (TPSA) is 95.5 Å². The Morgan fingerprint density at radius 3 is 2.48 bits per heavy atom. The van der Waals surface area contributed by atoms with Gasteiger partial charge in [-0.25, -0.2) is 8.42 Å². The fourth-order valence-corrected chi connectivity index (χ4v) is 3.98. The SMILES string of the molecule is Cc1ccc(C)c(C(=O)Nc2cc(S(=O)(=O)Nc3cccc(Cl)c3)ccc2O)c1. The van der Waals surface area contributed by atoms with Crippen molar-refractivity contribution in [1.82, 2.24) is 0 Å². The van der Waals surface area contributed by atoms with Gasteiger partial charge in [0.25, 0.3) is 15.9 Å². The molecule has 0 bridgehead atoms. The van der Waals surface area contributed by atoms with Crippen LogP contribution in [-0.2, 0) is 10.0 Å². The van der Waals surface area contributed by atoms with Gasteiger partial charge in [0.15, 0.2) is 0 Å². The Morgan fingerprint density at radius 1 is 1.00 bits per heavy atom. The van der Waals surface area contributed by atoms with E-state index in [2.05, 4.69) is 10.0 Å². The van der Waals surface area contributed by atoms with E-state index in [1.807, 2.05) is 19.1 Å². The summed E-state index contributed by atoms with van der Waals surface area (Å²) in [6.45, 7) is 3.66. The minimum atomic E-state index is -3.96. The standard InChI is InChI=1S/C21H19ClN2O4S/c1-13-6-7-14(2)18(10-13)21(26)23-19-12-17(8-9-20(19)25)29(27,28)24-16-5-3-4-15(22)11-16/h3-12,24-25H,1-2H3,(H,23,26). The number of aromatic hydroxyl groups is 1. The molecule has 0 saturated heterocycles. The van der Waals surface area contributed by atoms with Crippen LogP contribution >= 0.6 is 11.6 Å². The largest absolute Gasteiger partial charge is 0.506 e. The van der Waals surface area contributed by atoms with Crippen LogP contribution < -0.4 is 10.0 Å². The van der Waals surface area contributed by atoms with Crippen LogP contribution in [0.25, 0.3) is 0 Å². The van der Waals surface area contributed by atoms with E-state index in [1.165, 1.54) is 24.3 Å². The van der Waals surface area contributed by atoms with Gasteiger partial charge in [0.1, 0.15) is 5.75 Å². The number of phenols is 1. The predicted molar refractivity (Wildman–Crippen MR) is 114 cm³/mol. The van der Waals surface area contributed by atoms with Gasteiger partial charge in [-0.05, 0) is 61.9 Å². The number of rotatable bonds is 5. The van der Waals surface area contributed by atoms with E-state index in [9.17, 15) is 18.3 Å². The zero-order chi connectivity index (χ0) is 21.2. The Morgan fingerprint density at radius 2 is 1.76 bits per heavy atom. The van der Waals surface area contributed by atoms with Crippen molar-refractivity contribution in [3.8, 4) is 5.75 Å². The molecule has 0 atom stereocenters. The Hall–Kier alpha value is -3.03. The number of sulfonamides is 1. The van der Waals surface area contributed by atoms with Crippen molar-refractivity contribution >= 4 is 38.9 Å². The van der Waals surface area contributed by atoms with Crippen molar-refractivity contribution in [2.45, 2.75) is 18.7 Å². The average Bonchev–Trinajstić information content (AvgIpc) is 2.65. The molecule has 0 aliphatic rings.